The fourth-order valence-electron chi connectivity index (χ4n) is 3.17. The lowest BCUT2D eigenvalue weighted by atomic mass is 9.83. The summed E-state index contributed by atoms with van der Waals surface area (Å²) >= 11 is 3.69. The highest BCUT2D eigenvalue weighted by Crippen LogP contribution is 2.38. The minimum absolute atomic E-state index is 0.282. The third-order valence-corrected chi connectivity index (χ3v) is 5.30. The molecule has 0 aromatic heterocycles. The normalized spacial score (nSPS) is 40.5. The molecule has 2 saturated carbocycles. The van der Waals surface area contributed by atoms with Crippen molar-refractivity contribution >= 4 is 15.9 Å². The van der Waals surface area contributed by atoms with Crippen LogP contribution in [0.2, 0.25) is 0 Å². The molecule has 0 amide bonds. The first kappa shape index (κ1) is 14.8. The smallest absolute Gasteiger partial charge is 0.0962 e. The molecule has 0 saturated heterocycles. The lowest BCUT2D eigenvalue weighted by Gasteiger charge is -2.44. The maximum Gasteiger partial charge on any atom is 0.0962 e. The van der Waals surface area contributed by atoms with Crippen LogP contribution in [0, 0.1) is 5.92 Å². The molecule has 0 heterocycles. The van der Waals surface area contributed by atoms with E-state index in [4.69, 9.17) is 9.47 Å². The Bertz CT molecular complexity index is 247. The monoisotopic (exact) mass is 318 g/mol. The van der Waals surface area contributed by atoms with Gasteiger partial charge in [-0.05, 0) is 31.6 Å². The third kappa shape index (κ3) is 3.49. The number of hydrogen-bond donors (Lipinski definition) is 0. The number of hydrogen-bond acceptors (Lipinski definition) is 2. The highest BCUT2D eigenvalue weighted by Gasteiger charge is 2.43. The third-order valence-electron chi connectivity index (χ3n) is 4.41. The van der Waals surface area contributed by atoms with Crippen molar-refractivity contribution in [1.82, 2.24) is 0 Å². The van der Waals surface area contributed by atoms with Crippen molar-refractivity contribution in [2.75, 3.05) is 6.61 Å². The van der Waals surface area contributed by atoms with Crippen molar-refractivity contribution in [2.24, 2.45) is 5.92 Å². The van der Waals surface area contributed by atoms with Gasteiger partial charge in [-0.2, -0.15) is 0 Å². The quantitative estimate of drug-likeness (QED) is 0.680. The predicted octanol–water partition coefficient (Wildman–Crippen LogP) is 4.30. The van der Waals surface area contributed by atoms with Gasteiger partial charge in [0.05, 0.1) is 18.3 Å². The van der Waals surface area contributed by atoms with Gasteiger partial charge >= 0.3 is 0 Å². The molecule has 5 atom stereocenters. The summed E-state index contributed by atoms with van der Waals surface area (Å²) < 4.78 is 12.2. The van der Waals surface area contributed by atoms with Gasteiger partial charge in [-0.3, -0.25) is 0 Å². The van der Waals surface area contributed by atoms with Crippen LogP contribution in [-0.4, -0.2) is 29.7 Å². The first-order valence-corrected chi connectivity index (χ1v) is 8.59. The molecule has 0 bridgehead atoms. The van der Waals surface area contributed by atoms with Crippen LogP contribution in [0.3, 0.4) is 0 Å². The van der Waals surface area contributed by atoms with Gasteiger partial charge < -0.3 is 9.47 Å². The molecule has 0 aromatic carbocycles. The van der Waals surface area contributed by atoms with Gasteiger partial charge in [-0.15, -0.1) is 0 Å². The average Bonchev–Trinajstić information content (AvgIpc) is 2.39. The fraction of sp³-hybridized carbons (Fsp3) is 1.00. The molecule has 3 heteroatoms. The Morgan fingerprint density at radius 2 is 1.89 bits per heavy atom. The zero-order valence-corrected chi connectivity index (χ0v) is 13.3. The Morgan fingerprint density at radius 3 is 2.56 bits per heavy atom. The van der Waals surface area contributed by atoms with Gasteiger partial charge in [0.25, 0.3) is 0 Å². The summed E-state index contributed by atoms with van der Waals surface area (Å²) in [7, 11) is 0. The summed E-state index contributed by atoms with van der Waals surface area (Å²) in [4.78, 5) is 0.498. The van der Waals surface area contributed by atoms with Crippen LogP contribution in [0.5, 0.6) is 0 Å². The van der Waals surface area contributed by atoms with Gasteiger partial charge in [0.15, 0.2) is 0 Å². The molecule has 2 nitrogen and oxygen atoms in total. The van der Waals surface area contributed by atoms with E-state index in [1.807, 2.05) is 0 Å². The minimum atomic E-state index is 0.282. The second-order valence-electron chi connectivity index (χ2n) is 5.75. The molecule has 0 aliphatic heterocycles. The van der Waals surface area contributed by atoms with E-state index in [2.05, 4.69) is 29.8 Å². The van der Waals surface area contributed by atoms with Gasteiger partial charge in [-0.25, -0.2) is 0 Å². The van der Waals surface area contributed by atoms with Crippen LogP contribution < -0.4 is 0 Å². The van der Waals surface area contributed by atoms with E-state index in [-0.39, 0.29) is 6.10 Å². The van der Waals surface area contributed by atoms with Crippen LogP contribution in [0.25, 0.3) is 0 Å². The van der Waals surface area contributed by atoms with Crippen LogP contribution in [0.15, 0.2) is 0 Å². The number of ether oxygens (including phenoxy) is 2. The summed E-state index contributed by atoms with van der Waals surface area (Å²) in [6, 6.07) is 0. The first-order valence-electron chi connectivity index (χ1n) is 7.67. The Hall–Kier alpha value is 0.400. The molecule has 2 fully saturated rings. The van der Waals surface area contributed by atoms with Crippen molar-refractivity contribution < 1.29 is 9.47 Å². The Morgan fingerprint density at radius 1 is 1.11 bits per heavy atom. The summed E-state index contributed by atoms with van der Waals surface area (Å²) in [5, 5.41) is 0. The van der Waals surface area contributed by atoms with E-state index in [9.17, 15) is 0 Å². The molecule has 5 unspecified atom stereocenters. The van der Waals surface area contributed by atoms with E-state index in [1.54, 1.807) is 0 Å². The van der Waals surface area contributed by atoms with Crippen molar-refractivity contribution in [1.29, 1.82) is 0 Å². The van der Waals surface area contributed by atoms with Crippen LogP contribution in [0.1, 0.15) is 58.8 Å². The molecular formula is C15H27BrO2. The summed E-state index contributed by atoms with van der Waals surface area (Å²) in [5.74, 6) is 0.778. The maximum absolute atomic E-state index is 6.36. The molecule has 0 N–H and O–H groups in total. The minimum Gasteiger partial charge on any atom is -0.374 e. The largest absolute Gasteiger partial charge is 0.374 e. The molecular weight excluding hydrogens is 292 g/mol. The molecule has 2 rings (SSSR count). The zero-order chi connectivity index (χ0) is 13.0. The number of halogens is 1. The molecule has 18 heavy (non-hydrogen) atoms. The molecule has 0 spiro atoms. The first-order chi connectivity index (χ1) is 8.76. The lowest BCUT2D eigenvalue weighted by Crippen LogP contribution is -2.53. The van der Waals surface area contributed by atoms with Gasteiger partial charge in [0.2, 0.25) is 0 Å². The molecule has 0 aromatic rings. The van der Waals surface area contributed by atoms with Crippen LogP contribution in [-0.2, 0) is 9.47 Å². The summed E-state index contributed by atoms with van der Waals surface area (Å²) in [6.45, 7) is 5.31. The van der Waals surface area contributed by atoms with Gasteiger partial charge in [0, 0.05) is 11.4 Å². The van der Waals surface area contributed by atoms with Gasteiger partial charge in [0.1, 0.15) is 0 Å². The van der Waals surface area contributed by atoms with Crippen molar-refractivity contribution in [3.05, 3.63) is 0 Å². The van der Waals surface area contributed by atoms with Gasteiger partial charge in [-0.1, -0.05) is 49.0 Å². The second-order valence-corrected chi connectivity index (χ2v) is 6.93. The van der Waals surface area contributed by atoms with E-state index >= 15 is 0 Å². The topological polar surface area (TPSA) is 18.5 Å². The van der Waals surface area contributed by atoms with Crippen molar-refractivity contribution in [2.45, 2.75) is 81.9 Å². The van der Waals surface area contributed by atoms with Crippen LogP contribution >= 0.6 is 15.9 Å². The Kier molecular flexibility index (Phi) is 5.96. The van der Waals surface area contributed by atoms with Crippen LogP contribution in [0.4, 0.5) is 0 Å². The average molecular weight is 319 g/mol. The van der Waals surface area contributed by atoms with E-state index < -0.39 is 0 Å². The Labute approximate surface area is 120 Å². The predicted molar refractivity (Wildman–Crippen MR) is 78.3 cm³/mol. The van der Waals surface area contributed by atoms with E-state index in [1.165, 1.54) is 32.1 Å². The number of rotatable bonds is 6. The van der Waals surface area contributed by atoms with Crippen molar-refractivity contribution in [3.63, 3.8) is 0 Å². The van der Waals surface area contributed by atoms with E-state index in [0.29, 0.717) is 17.0 Å². The Balaban J connectivity index is 1.80. The molecule has 106 valence electrons. The highest BCUT2D eigenvalue weighted by molar-refractivity contribution is 9.09. The highest BCUT2D eigenvalue weighted by atomic mass is 79.9. The zero-order valence-electron chi connectivity index (χ0n) is 11.7. The van der Waals surface area contributed by atoms with Crippen molar-refractivity contribution in [3.8, 4) is 0 Å². The number of alkyl halides is 1. The summed E-state index contributed by atoms with van der Waals surface area (Å²) in [5.41, 5.74) is 0. The SMILES string of the molecule is CCCOC1C(Br)CC1OC1CCCCC1CC. The summed E-state index contributed by atoms with van der Waals surface area (Å²) in [6.07, 6.45) is 9.89. The fourth-order valence-corrected chi connectivity index (χ4v) is 4.03. The van der Waals surface area contributed by atoms with E-state index in [0.717, 1.165) is 25.4 Å². The molecule has 0 radical (unpaired) electrons. The standard InChI is InChI=1S/C15H27BrO2/c1-3-9-17-15-12(16)10-14(15)18-13-8-6-5-7-11(13)4-2/h11-15H,3-10H2,1-2H3. The second kappa shape index (κ2) is 7.25. The lowest BCUT2D eigenvalue weighted by molar-refractivity contribution is -0.162. The molecule has 2 aliphatic rings. The molecule has 2 aliphatic carbocycles. The maximum atomic E-state index is 6.36.